The second-order valence-electron chi connectivity index (χ2n) is 16.3. The van der Waals surface area contributed by atoms with E-state index < -0.39 is 78.7 Å². The number of hydrogen-bond acceptors (Lipinski definition) is 8. The number of alkyl halides is 3. The van der Waals surface area contributed by atoms with Crippen molar-refractivity contribution in [1.29, 1.82) is 0 Å². The van der Waals surface area contributed by atoms with Gasteiger partial charge in [0.05, 0.1) is 49.0 Å². The molecule has 0 aromatic heterocycles. The summed E-state index contributed by atoms with van der Waals surface area (Å²) < 4.78 is 73.1. The molecule has 3 aliphatic heterocycles. The van der Waals surface area contributed by atoms with Crippen LogP contribution in [0.1, 0.15) is 113 Å². The Morgan fingerprint density at radius 3 is 2.16 bits per heavy atom. The molecule has 332 valence electrons. The Morgan fingerprint density at radius 1 is 0.787 bits per heavy atom. The van der Waals surface area contributed by atoms with E-state index >= 15 is 0 Å². The monoisotopic (exact) mass is 851 g/mol. The minimum absolute atomic E-state index is 0.0554. The van der Waals surface area contributed by atoms with Crippen LogP contribution in [0.5, 0.6) is 0 Å². The molecule has 3 saturated heterocycles. The lowest BCUT2D eigenvalue weighted by Crippen LogP contribution is -2.67. The lowest BCUT2D eigenvalue weighted by Gasteiger charge is -2.50. The first-order valence-corrected chi connectivity index (χ1v) is 21.8. The zero-order valence-electron chi connectivity index (χ0n) is 35.2. The number of Topliss-reactive ketones (excluding diaryl/α,β-unsaturated/α-hetero) is 1. The Balaban J connectivity index is 1.26. The highest BCUT2D eigenvalue weighted by Gasteiger charge is 2.53. The normalized spacial score (nSPS) is 27.7. The van der Waals surface area contributed by atoms with E-state index in [1.165, 1.54) is 37.8 Å². The second-order valence-corrected chi connectivity index (χ2v) is 16.3. The smallest absolute Gasteiger partial charge is 0.374 e. The highest BCUT2D eigenvalue weighted by molar-refractivity contribution is 5.98. The van der Waals surface area contributed by atoms with Gasteiger partial charge in [0, 0.05) is 29.2 Å². The first-order valence-electron chi connectivity index (χ1n) is 21.8. The number of urea groups is 1. The third-order valence-corrected chi connectivity index (χ3v) is 11.9. The molecule has 3 heterocycles. The highest BCUT2D eigenvalue weighted by Crippen LogP contribution is 2.42. The maximum Gasteiger partial charge on any atom is 0.416 e. The fourth-order valence-corrected chi connectivity index (χ4v) is 8.57. The first-order chi connectivity index (χ1) is 29.5. The van der Waals surface area contributed by atoms with E-state index in [1.807, 2.05) is 50.2 Å². The summed E-state index contributed by atoms with van der Waals surface area (Å²) in [5, 5.41) is 8.49. The summed E-state index contributed by atoms with van der Waals surface area (Å²) in [6.07, 6.45) is 0.102. The van der Waals surface area contributed by atoms with Crippen molar-refractivity contribution in [1.82, 2.24) is 10.6 Å². The Morgan fingerprint density at radius 2 is 1.48 bits per heavy atom. The van der Waals surface area contributed by atoms with Gasteiger partial charge in [0.1, 0.15) is 12.2 Å². The van der Waals surface area contributed by atoms with Crippen molar-refractivity contribution in [2.45, 2.75) is 140 Å². The number of carbonyl (C=O) groups is 3. The number of halogens is 3. The molecule has 0 radical (unpaired) electrons. The van der Waals surface area contributed by atoms with Crippen molar-refractivity contribution in [3.8, 4) is 0 Å². The van der Waals surface area contributed by atoms with Crippen LogP contribution >= 0.6 is 0 Å². The predicted octanol–water partition coefficient (Wildman–Crippen LogP) is 9.38. The van der Waals surface area contributed by atoms with Gasteiger partial charge >= 0.3 is 12.2 Å². The van der Waals surface area contributed by atoms with E-state index in [0.717, 1.165) is 37.0 Å². The summed E-state index contributed by atoms with van der Waals surface area (Å²) >= 11 is 0. The zero-order chi connectivity index (χ0) is 43.4. The van der Waals surface area contributed by atoms with Crippen molar-refractivity contribution >= 4 is 23.4 Å². The number of hydrogen-bond donors (Lipinski definition) is 3. The molecule has 5 unspecified atom stereocenters. The zero-order valence-corrected chi connectivity index (χ0v) is 35.2. The molecule has 0 bridgehead atoms. The number of ketones is 1. The summed E-state index contributed by atoms with van der Waals surface area (Å²) in [7, 11) is 0. The van der Waals surface area contributed by atoms with Gasteiger partial charge in [0.25, 0.3) is 0 Å². The van der Waals surface area contributed by atoms with Crippen LogP contribution in [0.3, 0.4) is 0 Å². The number of amides is 3. The third kappa shape index (κ3) is 12.4. The third-order valence-electron chi connectivity index (χ3n) is 11.9. The maximum absolute atomic E-state index is 14.6. The van der Waals surface area contributed by atoms with Gasteiger partial charge < -0.3 is 39.6 Å². The molecule has 3 N–H and O–H groups in total. The first kappa shape index (κ1) is 46.2. The van der Waals surface area contributed by atoms with Gasteiger partial charge in [-0.25, -0.2) is 4.79 Å². The molecule has 14 heteroatoms. The standard InChI is InChI=1S/C47H60F3N3O8/c1-4-6-7-8-9-10-11-18-26-38(54)53-40-36(5-2)57-28-35(52-46(56)51-34-25-19-24-33(27-34)47(48,49)50)43(40)61-45-39(41(55)31-20-14-12-15-21-31)30(3)42-37(59-45)29-58-44(60-42)32-22-16-13-17-23-32/h12-17,19-25,27,30,35-37,39-40,42-45H,4-11,18,26,28-29H2,1-3H3,(H,53,54)(H2,51,52,56)/t30-,35?,36?,37?,39?,40+,42-,43-,44?,45-/m1/s1. The number of carbonyl (C=O) groups excluding carboxylic acids is 3. The quantitative estimate of drug-likeness (QED) is 0.0852. The van der Waals surface area contributed by atoms with Crippen LogP contribution in [0, 0.1) is 11.8 Å². The average molecular weight is 852 g/mol. The highest BCUT2D eigenvalue weighted by atomic mass is 19.4. The maximum atomic E-state index is 14.6. The van der Waals surface area contributed by atoms with Crippen molar-refractivity contribution in [2.75, 3.05) is 18.5 Å². The van der Waals surface area contributed by atoms with E-state index in [4.69, 9.17) is 23.7 Å². The molecule has 3 amide bonds. The minimum atomic E-state index is -4.61. The summed E-state index contributed by atoms with van der Waals surface area (Å²) in [4.78, 5) is 41.8. The van der Waals surface area contributed by atoms with Gasteiger partial charge in [-0.15, -0.1) is 0 Å². The lowest BCUT2D eigenvalue weighted by atomic mass is 9.78. The molecule has 10 atom stereocenters. The largest absolute Gasteiger partial charge is 0.416 e. The molecular weight excluding hydrogens is 792 g/mol. The Hall–Kier alpha value is -4.34. The van der Waals surface area contributed by atoms with E-state index in [-0.39, 0.29) is 37.0 Å². The summed E-state index contributed by atoms with van der Waals surface area (Å²) in [5.74, 6) is -1.78. The molecule has 0 aliphatic carbocycles. The van der Waals surface area contributed by atoms with Crippen LogP contribution in [0.4, 0.5) is 23.7 Å². The average Bonchev–Trinajstić information content (AvgIpc) is 3.26. The molecule has 3 aliphatic rings. The summed E-state index contributed by atoms with van der Waals surface area (Å²) in [6, 6.07) is 20.1. The van der Waals surface area contributed by atoms with Crippen LogP contribution in [-0.4, -0.2) is 73.7 Å². The topological polar surface area (TPSA) is 133 Å². The van der Waals surface area contributed by atoms with Crippen molar-refractivity contribution in [3.05, 3.63) is 102 Å². The number of anilines is 1. The fourth-order valence-electron chi connectivity index (χ4n) is 8.57. The molecule has 0 spiro atoms. The van der Waals surface area contributed by atoms with Gasteiger partial charge in [-0.1, -0.05) is 132 Å². The molecule has 6 rings (SSSR count). The number of unbranched alkanes of at least 4 members (excludes halogenated alkanes) is 7. The van der Waals surface area contributed by atoms with Gasteiger partial charge in [-0.2, -0.15) is 13.2 Å². The Kier molecular flexibility index (Phi) is 16.8. The van der Waals surface area contributed by atoms with E-state index in [2.05, 4.69) is 22.9 Å². The Bertz CT molecular complexity index is 1850. The fraction of sp³-hybridized carbons (Fsp3) is 0.553. The van der Waals surface area contributed by atoms with E-state index in [9.17, 15) is 27.6 Å². The van der Waals surface area contributed by atoms with Crippen molar-refractivity contribution in [2.24, 2.45) is 11.8 Å². The molecule has 0 saturated carbocycles. The van der Waals surface area contributed by atoms with Gasteiger partial charge in [0.15, 0.2) is 18.4 Å². The molecule has 3 aromatic carbocycles. The second kappa shape index (κ2) is 22.1. The number of nitrogens with one attached hydrogen (secondary N) is 3. The van der Waals surface area contributed by atoms with Crippen molar-refractivity contribution in [3.63, 3.8) is 0 Å². The van der Waals surface area contributed by atoms with Crippen LogP contribution in [0.25, 0.3) is 0 Å². The number of fused-ring (bicyclic) bond motifs is 1. The van der Waals surface area contributed by atoms with Crippen molar-refractivity contribution < 1.29 is 51.2 Å². The van der Waals surface area contributed by atoms with Gasteiger partial charge in [-0.3, -0.25) is 9.59 Å². The van der Waals surface area contributed by atoms with E-state index in [1.54, 1.807) is 24.3 Å². The number of benzene rings is 3. The van der Waals surface area contributed by atoms with Crippen LogP contribution < -0.4 is 16.0 Å². The number of ether oxygens (including phenoxy) is 5. The summed E-state index contributed by atoms with van der Waals surface area (Å²) in [6.45, 7) is 6.12. The molecule has 11 nitrogen and oxygen atoms in total. The van der Waals surface area contributed by atoms with E-state index in [0.29, 0.717) is 18.4 Å². The predicted molar refractivity (Wildman–Crippen MR) is 224 cm³/mol. The minimum Gasteiger partial charge on any atom is -0.374 e. The Labute approximate surface area is 356 Å². The lowest BCUT2D eigenvalue weighted by molar-refractivity contribution is -0.347. The molecule has 3 fully saturated rings. The van der Waals surface area contributed by atoms with Crippen LogP contribution in [0.15, 0.2) is 84.9 Å². The number of rotatable bonds is 18. The SMILES string of the molecule is CCCCCCCCCCC(=O)N[C@H]1C(CC)OCC(NC(=O)Nc2cccc(C(F)(F)F)c2)[C@H]1O[C@H]1OC2COC(c3ccccc3)O[C@@H]2[C@H](C)C1C(=O)c1ccccc1. The molecule has 3 aromatic rings. The molecular formula is C47H60F3N3O8. The molecule has 61 heavy (non-hydrogen) atoms. The van der Waals surface area contributed by atoms with Gasteiger partial charge in [-0.05, 0) is 31.0 Å². The van der Waals surface area contributed by atoms with Gasteiger partial charge in [0.2, 0.25) is 5.91 Å². The summed E-state index contributed by atoms with van der Waals surface area (Å²) in [5.41, 5.74) is 0.288. The van der Waals surface area contributed by atoms with Crippen LogP contribution in [0.2, 0.25) is 0 Å². The van der Waals surface area contributed by atoms with Crippen LogP contribution in [-0.2, 0) is 34.7 Å².